The number of rotatable bonds is 8. The zero-order valence-corrected chi connectivity index (χ0v) is 18.3. The third kappa shape index (κ3) is 8.77. The lowest BCUT2D eigenvalue weighted by atomic mass is 10.1. The van der Waals surface area contributed by atoms with Crippen LogP contribution in [0.2, 0.25) is 0 Å². The normalized spacial score (nSPS) is 10.7. The van der Waals surface area contributed by atoms with E-state index >= 15 is 0 Å². The fraction of sp³-hybridized carbons (Fsp3) is 0.348. The molecule has 0 fully saturated rings. The van der Waals surface area contributed by atoms with E-state index in [1.165, 1.54) is 0 Å². The first-order valence-corrected chi connectivity index (χ1v) is 9.90. The zero-order valence-electron chi connectivity index (χ0n) is 18.3. The van der Waals surface area contributed by atoms with Gasteiger partial charge in [0.2, 0.25) is 11.8 Å². The number of nitrogens with one attached hydrogen (secondary N) is 3. The van der Waals surface area contributed by atoms with Gasteiger partial charge in [0.1, 0.15) is 17.9 Å². The molecule has 0 aromatic heterocycles. The van der Waals surface area contributed by atoms with Crippen LogP contribution in [0.25, 0.3) is 0 Å². The highest BCUT2D eigenvalue weighted by molar-refractivity contribution is 5.93. The fourth-order valence-corrected chi connectivity index (χ4v) is 2.66. The number of methoxy groups -OCH3 is 1. The molecule has 2 aromatic rings. The maximum Gasteiger partial charge on any atom is 0.408 e. The highest BCUT2D eigenvalue weighted by atomic mass is 16.6. The monoisotopic (exact) mass is 427 g/mol. The molecule has 31 heavy (non-hydrogen) atoms. The number of anilines is 1. The molecule has 0 radical (unpaired) electrons. The van der Waals surface area contributed by atoms with Crippen molar-refractivity contribution in [1.29, 1.82) is 0 Å². The maximum absolute atomic E-state index is 12.2. The molecule has 0 aliphatic carbocycles. The van der Waals surface area contributed by atoms with E-state index in [1.807, 2.05) is 24.3 Å². The molecule has 0 atom stereocenters. The summed E-state index contributed by atoms with van der Waals surface area (Å²) in [7, 11) is 1.57. The van der Waals surface area contributed by atoms with Crippen LogP contribution in [0, 0.1) is 0 Å². The SMILES string of the molecule is COc1ccccc1CC(=O)NCc1ccc(NC(=O)CNC(=O)OC(C)(C)C)cc1. The lowest BCUT2D eigenvalue weighted by Gasteiger charge is -2.19. The molecule has 2 rings (SSSR count). The molecular weight excluding hydrogens is 398 g/mol. The van der Waals surface area contributed by atoms with E-state index in [-0.39, 0.29) is 24.8 Å². The minimum atomic E-state index is -0.651. The van der Waals surface area contributed by atoms with Crippen molar-refractivity contribution in [3.63, 3.8) is 0 Å². The van der Waals surface area contributed by atoms with Crippen LogP contribution < -0.4 is 20.7 Å². The number of amides is 3. The molecule has 166 valence electrons. The summed E-state index contributed by atoms with van der Waals surface area (Å²) in [6, 6.07) is 14.5. The molecule has 0 unspecified atom stereocenters. The third-order valence-corrected chi connectivity index (χ3v) is 4.06. The Kier molecular flexibility index (Phi) is 8.43. The Bertz CT molecular complexity index is 904. The van der Waals surface area contributed by atoms with Crippen LogP contribution in [-0.2, 0) is 27.3 Å². The molecule has 0 saturated heterocycles. The molecular formula is C23H29N3O5. The van der Waals surface area contributed by atoms with Crippen LogP contribution in [0.4, 0.5) is 10.5 Å². The Labute approximate surface area is 182 Å². The van der Waals surface area contributed by atoms with Crippen molar-refractivity contribution in [2.75, 3.05) is 19.0 Å². The van der Waals surface area contributed by atoms with Gasteiger partial charge in [-0.05, 0) is 44.5 Å². The van der Waals surface area contributed by atoms with Crippen molar-refractivity contribution in [2.45, 2.75) is 39.3 Å². The van der Waals surface area contributed by atoms with E-state index in [4.69, 9.17) is 9.47 Å². The largest absolute Gasteiger partial charge is 0.496 e. The number of ether oxygens (including phenoxy) is 2. The average molecular weight is 428 g/mol. The van der Waals surface area contributed by atoms with Gasteiger partial charge in [-0.3, -0.25) is 9.59 Å². The number of carbonyl (C=O) groups is 3. The zero-order chi connectivity index (χ0) is 22.9. The summed E-state index contributed by atoms with van der Waals surface area (Å²) < 4.78 is 10.3. The van der Waals surface area contributed by atoms with Crippen molar-refractivity contribution in [1.82, 2.24) is 10.6 Å². The topological polar surface area (TPSA) is 106 Å². The molecule has 0 bridgehead atoms. The Balaban J connectivity index is 1.76. The molecule has 3 N–H and O–H groups in total. The lowest BCUT2D eigenvalue weighted by Crippen LogP contribution is -2.37. The summed E-state index contributed by atoms with van der Waals surface area (Å²) in [5.74, 6) is 0.192. The van der Waals surface area contributed by atoms with Gasteiger partial charge in [0.05, 0.1) is 13.5 Å². The van der Waals surface area contributed by atoms with Crippen molar-refractivity contribution >= 4 is 23.6 Å². The van der Waals surface area contributed by atoms with Gasteiger partial charge in [-0.15, -0.1) is 0 Å². The van der Waals surface area contributed by atoms with Gasteiger partial charge in [0, 0.05) is 17.8 Å². The Morgan fingerprint density at radius 3 is 2.23 bits per heavy atom. The first-order valence-electron chi connectivity index (χ1n) is 9.90. The van der Waals surface area contributed by atoms with Gasteiger partial charge >= 0.3 is 6.09 Å². The van der Waals surface area contributed by atoms with Gasteiger partial charge in [-0.1, -0.05) is 30.3 Å². The van der Waals surface area contributed by atoms with Crippen LogP contribution in [0.5, 0.6) is 5.75 Å². The minimum Gasteiger partial charge on any atom is -0.496 e. The molecule has 2 aromatic carbocycles. The fourth-order valence-electron chi connectivity index (χ4n) is 2.66. The second-order valence-corrected chi connectivity index (χ2v) is 7.87. The number of alkyl carbamates (subject to hydrolysis) is 1. The van der Waals surface area contributed by atoms with Crippen molar-refractivity contribution < 1.29 is 23.9 Å². The summed E-state index contributed by atoms with van der Waals surface area (Å²) in [4.78, 5) is 35.8. The molecule has 0 spiro atoms. The molecule has 3 amide bonds. The number of carbonyl (C=O) groups excluding carboxylic acids is 3. The quantitative estimate of drug-likeness (QED) is 0.601. The Morgan fingerprint density at radius 1 is 0.903 bits per heavy atom. The van der Waals surface area contributed by atoms with E-state index in [1.54, 1.807) is 52.1 Å². The smallest absolute Gasteiger partial charge is 0.408 e. The van der Waals surface area contributed by atoms with Crippen molar-refractivity contribution in [3.05, 3.63) is 59.7 Å². The molecule has 0 aliphatic rings. The van der Waals surface area contributed by atoms with Crippen molar-refractivity contribution in [3.8, 4) is 5.75 Å². The van der Waals surface area contributed by atoms with Gasteiger partial charge in [0.25, 0.3) is 0 Å². The molecule has 0 saturated carbocycles. The number of hydrogen-bond acceptors (Lipinski definition) is 5. The maximum atomic E-state index is 12.2. The average Bonchev–Trinajstić information content (AvgIpc) is 2.71. The predicted molar refractivity (Wildman–Crippen MR) is 118 cm³/mol. The standard InChI is InChI=1S/C23H29N3O5/c1-23(2,3)31-22(29)25-15-21(28)26-18-11-9-16(10-12-18)14-24-20(27)13-17-7-5-6-8-19(17)30-4/h5-12H,13-15H2,1-4H3,(H,24,27)(H,25,29)(H,26,28). The van der Waals surface area contributed by atoms with Gasteiger partial charge < -0.3 is 25.4 Å². The Hall–Kier alpha value is -3.55. The molecule has 8 nitrogen and oxygen atoms in total. The second kappa shape index (κ2) is 11.0. The highest BCUT2D eigenvalue weighted by Gasteiger charge is 2.16. The van der Waals surface area contributed by atoms with Gasteiger partial charge in [-0.2, -0.15) is 0 Å². The summed E-state index contributed by atoms with van der Waals surface area (Å²) in [6.07, 6.45) is -0.426. The van der Waals surface area contributed by atoms with Crippen molar-refractivity contribution in [2.24, 2.45) is 0 Å². The van der Waals surface area contributed by atoms with E-state index in [0.717, 1.165) is 11.1 Å². The summed E-state index contributed by atoms with van der Waals surface area (Å²) in [6.45, 7) is 5.40. The number of hydrogen-bond donors (Lipinski definition) is 3. The molecule has 0 heterocycles. The first-order chi connectivity index (χ1) is 14.7. The van der Waals surface area contributed by atoms with E-state index in [0.29, 0.717) is 18.0 Å². The highest BCUT2D eigenvalue weighted by Crippen LogP contribution is 2.17. The van der Waals surface area contributed by atoms with Crippen LogP contribution in [0.1, 0.15) is 31.9 Å². The van der Waals surface area contributed by atoms with E-state index in [9.17, 15) is 14.4 Å². The van der Waals surface area contributed by atoms with Gasteiger partial charge in [-0.25, -0.2) is 4.79 Å². The van der Waals surface area contributed by atoms with Crippen LogP contribution in [0.15, 0.2) is 48.5 Å². The number of para-hydroxylation sites is 1. The minimum absolute atomic E-state index is 0.116. The van der Waals surface area contributed by atoms with E-state index < -0.39 is 11.7 Å². The van der Waals surface area contributed by atoms with Crippen LogP contribution in [0.3, 0.4) is 0 Å². The summed E-state index contributed by atoms with van der Waals surface area (Å²) >= 11 is 0. The number of benzene rings is 2. The molecule has 8 heteroatoms. The third-order valence-electron chi connectivity index (χ3n) is 4.06. The van der Waals surface area contributed by atoms with E-state index in [2.05, 4.69) is 16.0 Å². The second-order valence-electron chi connectivity index (χ2n) is 7.87. The summed E-state index contributed by atoms with van der Waals surface area (Å²) in [5, 5.41) is 7.96. The Morgan fingerprint density at radius 2 is 1.58 bits per heavy atom. The summed E-state index contributed by atoms with van der Waals surface area (Å²) in [5.41, 5.74) is 1.66. The first kappa shape index (κ1) is 23.7. The van der Waals surface area contributed by atoms with Gasteiger partial charge in [0.15, 0.2) is 0 Å². The molecule has 0 aliphatic heterocycles. The predicted octanol–water partition coefficient (Wildman–Crippen LogP) is 3.02. The van der Waals surface area contributed by atoms with Crippen LogP contribution >= 0.6 is 0 Å². The lowest BCUT2D eigenvalue weighted by molar-refractivity contribution is -0.120. The van der Waals surface area contributed by atoms with Crippen LogP contribution in [-0.4, -0.2) is 37.2 Å².